The van der Waals surface area contributed by atoms with E-state index in [0.29, 0.717) is 22.9 Å². The average Bonchev–Trinajstić information content (AvgIpc) is 3.56. The van der Waals surface area contributed by atoms with Crippen molar-refractivity contribution in [2.45, 2.75) is 24.6 Å². The van der Waals surface area contributed by atoms with Gasteiger partial charge in [0.05, 0.1) is 5.75 Å². The van der Waals surface area contributed by atoms with Gasteiger partial charge in [0.15, 0.2) is 0 Å². The van der Waals surface area contributed by atoms with Gasteiger partial charge in [-0.3, -0.25) is 9.59 Å². The second-order valence-electron chi connectivity index (χ2n) is 7.29. The monoisotopic (exact) mass is 439 g/mol. The number of carbonyl (C=O) groups is 2. The normalized spacial score (nSPS) is 13.7. The molecule has 0 atom stereocenters. The van der Waals surface area contributed by atoms with Crippen LogP contribution in [0, 0.1) is 0 Å². The average molecular weight is 440 g/mol. The number of nitrogens with one attached hydrogen (secondary N) is 3. The smallest absolute Gasteiger partial charge is 0.251 e. The highest BCUT2D eigenvalue weighted by Gasteiger charge is 2.23. The summed E-state index contributed by atoms with van der Waals surface area (Å²) in [6, 6.07) is 13.9. The Balaban J connectivity index is 1.51. The van der Waals surface area contributed by atoms with E-state index in [2.05, 4.69) is 21.9 Å². The van der Waals surface area contributed by atoms with E-state index in [0.717, 1.165) is 18.4 Å². The van der Waals surface area contributed by atoms with Gasteiger partial charge in [-0.05, 0) is 54.3 Å². The van der Waals surface area contributed by atoms with Gasteiger partial charge in [0, 0.05) is 29.9 Å². The Labute approximate surface area is 182 Å². The zero-order valence-electron chi connectivity index (χ0n) is 17.0. The Bertz CT molecular complexity index is 1070. The molecule has 0 aliphatic heterocycles. The number of hydrogen-bond donors (Lipinski definition) is 3. The van der Waals surface area contributed by atoms with Gasteiger partial charge >= 0.3 is 0 Å². The van der Waals surface area contributed by atoms with Gasteiger partial charge in [-0.1, -0.05) is 30.3 Å². The molecule has 3 N–H and O–H groups in total. The number of sulfonamides is 1. The molecule has 1 aliphatic carbocycles. The van der Waals surface area contributed by atoms with Crippen LogP contribution in [0.5, 0.6) is 0 Å². The molecule has 1 fully saturated rings. The van der Waals surface area contributed by atoms with Crippen LogP contribution in [-0.4, -0.2) is 32.8 Å². The summed E-state index contributed by atoms with van der Waals surface area (Å²) >= 11 is 0. The molecule has 0 aromatic heterocycles. The summed E-state index contributed by atoms with van der Waals surface area (Å²) in [7, 11) is -3.43. The van der Waals surface area contributed by atoms with Crippen molar-refractivity contribution >= 4 is 33.6 Å². The highest BCUT2D eigenvalue weighted by molar-refractivity contribution is 7.88. The first-order chi connectivity index (χ1) is 14.8. The van der Waals surface area contributed by atoms with Gasteiger partial charge < -0.3 is 10.6 Å². The third kappa shape index (κ3) is 7.51. The van der Waals surface area contributed by atoms with Crippen molar-refractivity contribution in [3.05, 3.63) is 84.0 Å². The van der Waals surface area contributed by atoms with Gasteiger partial charge in [0.25, 0.3) is 5.91 Å². The lowest BCUT2D eigenvalue weighted by atomic mass is 10.1. The minimum atomic E-state index is -3.43. The van der Waals surface area contributed by atoms with E-state index in [1.54, 1.807) is 54.6 Å². The van der Waals surface area contributed by atoms with Crippen molar-refractivity contribution in [1.82, 2.24) is 10.0 Å². The molecule has 162 valence electrons. The van der Waals surface area contributed by atoms with Crippen LogP contribution in [0.25, 0.3) is 6.08 Å². The van der Waals surface area contributed by atoms with Crippen LogP contribution in [0.4, 0.5) is 5.69 Å². The molecule has 2 aromatic rings. The molecule has 0 spiro atoms. The molecule has 0 unspecified atom stereocenters. The van der Waals surface area contributed by atoms with Crippen molar-refractivity contribution in [2.75, 3.05) is 11.9 Å². The second kappa shape index (κ2) is 10.2. The molecule has 8 heteroatoms. The van der Waals surface area contributed by atoms with E-state index in [4.69, 9.17) is 0 Å². The number of carbonyl (C=O) groups excluding carboxylic acids is 2. The summed E-state index contributed by atoms with van der Waals surface area (Å²) in [5.74, 6) is -0.545. The molecular formula is C23H25N3O4S. The Kier molecular flexibility index (Phi) is 7.38. The quantitative estimate of drug-likeness (QED) is 0.391. The minimum Gasteiger partial charge on any atom is -0.349 e. The van der Waals surface area contributed by atoms with Gasteiger partial charge in [-0.15, -0.1) is 6.58 Å². The first kappa shape index (κ1) is 22.5. The van der Waals surface area contributed by atoms with Crippen molar-refractivity contribution in [1.29, 1.82) is 0 Å². The minimum absolute atomic E-state index is 0.0801. The van der Waals surface area contributed by atoms with Crippen LogP contribution in [0.1, 0.15) is 34.3 Å². The van der Waals surface area contributed by atoms with Gasteiger partial charge in [-0.25, -0.2) is 13.1 Å². The highest BCUT2D eigenvalue weighted by atomic mass is 32.2. The molecule has 1 aliphatic rings. The maximum absolute atomic E-state index is 12.1. The third-order valence-corrected chi connectivity index (χ3v) is 5.86. The Hall–Kier alpha value is -3.23. The Morgan fingerprint density at radius 1 is 1.03 bits per heavy atom. The Morgan fingerprint density at radius 2 is 1.71 bits per heavy atom. The molecule has 31 heavy (non-hydrogen) atoms. The topological polar surface area (TPSA) is 104 Å². The van der Waals surface area contributed by atoms with Crippen LogP contribution >= 0.6 is 0 Å². The SMILES string of the molecule is C=CCNS(=O)(=O)Cc1ccc(NC(=O)/C=C/c2ccc(C(=O)NC3CC3)cc2)cc1. The van der Waals surface area contributed by atoms with Crippen molar-refractivity contribution in [2.24, 2.45) is 0 Å². The van der Waals surface area contributed by atoms with Crippen LogP contribution in [-0.2, 0) is 20.6 Å². The lowest BCUT2D eigenvalue weighted by Crippen LogP contribution is -2.25. The lowest BCUT2D eigenvalue weighted by Gasteiger charge is -2.07. The third-order valence-electron chi connectivity index (χ3n) is 4.54. The van der Waals surface area contributed by atoms with Crippen LogP contribution in [0.15, 0.2) is 67.3 Å². The summed E-state index contributed by atoms with van der Waals surface area (Å²) in [4.78, 5) is 24.1. The number of amides is 2. The first-order valence-electron chi connectivity index (χ1n) is 9.92. The van der Waals surface area contributed by atoms with E-state index in [9.17, 15) is 18.0 Å². The summed E-state index contributed by atoms with van der Waals surface area (Å²) < 4.78 is 26.2. The molecule has 0 bridgehead atoms. The molecule has 2 amide bonds. The lowest BCUT2D eigenvalue weighted by molar-refractivity contribution is -0.111. The summed E-state index contributed by atoms with van der Waals surface area (Å²) in [5.41, 5.74) is 2.55. The second-order valence-corrected chi connectivity index (χ2v) is 9.09. The number of rotatable bonds is 10. The van der Waals surface area contributed by atoms with E-state index in [-0.39, 0.29) is 24.1 Å². The van der Waals surface area contributed by atoms with Gasteiger partial charge in [0.2, 0.25) is 15.9 Å². The number of anilines is 1. The van der Waals surface area contributed by atoms with Gasteiger partial charge in [-0.2, -0.15) is 0 Å². The van der Waals surface area contributed by atoms with E-state index in [1.165, 1.54) is 12.2 Å². The predicted molar refractivity (Wildman–Crippen MR) is 122 cm³/mol. The van der Waals surface area contributed by atoms with E-state index in [1.807, 2.05) is 0 Å². The Morgan fingerprint density at radius 3 is 2.32 bits per heavy atom. The maximum Gasteiger partial charge on any atom is 0.251 e. The molecule has 0 radical (unpaired) electrons. The van der Waals surface area contributed by atoms with Crippen LogP contribution in [0.3, 0.4) is 0 Å². The van der Waals surface area contributed by atoms with E-state index < -0.39 is 10.0 Å². The maximum atomic E-state index is 12.1. The van der Waals surface area contributed by atoms with Crippen molar-refractivity contribution in [3.63, 3.8) is 0 Å². The fourth-order valence-electron chi connectivity index (χ4n) is 2.74. The molecule has 1 saturated carbocycles. The molecule has 2 aromatic carbocycles. The molecule has 7 nitrogen and oxygen atoms in total. The number of hydrogen-bond acceptors (Lipinski definition) is 4. The van der Waals surface area contributed by atoms with Crippen LogP contribution < -0.4 is 15.4 Å². The fourth-order valence-corrected chi connectivity index (χ4v) is 3.84. The van der Waals surface area contributed by atoms with E-state index >= 15 is 0 Å². The molecule has 3 rings (SSSR count). The van der Waals surface area contributed by atoms with Crippen molar-refractivity contribution in [3.8, 4) is 0 Å². The molecule has 0 heterocycles. The number of benzene rings is 2. The zero-order chi connectivity index (χ0) is 22.3. The molecule has 0 saturated heterocycles. The standard InChI is InChI=1S/C23H25N3O4S/c1-2-15-24-31(29,30)16-18-5-10-20(11-6-18)25-22(27)14-7-17-3-8-19(9-4-17)23(28)26-21-12-13-21/h2-11,14,21,24H,1,12-13,15-16H2,(H,25,27)(H,26,28)/b14-7+. The summed E-state index contributed by atoms with van der Waals surface area (Å²) in [6.07, 6.45) is 6.61. The highest BCUT2D eigenvalue weighted by Crippen LogP contribution is 2.19. The van der Waals surface area contributed by atoms with Crippen molar-refractivity contribution < 1.29 is 18.0 Å². The fraction of sp³-hybridized carbons (Fsp3) is 0.217. The zero-order valence-corrected chi connectivity index (χ0v) is 17.8. The van der Waals surface area contributed by atoms with Crippen LogP contribution in [0.2, 0.25) is 0 Å². The predicted octanol–water partition coefficient (Wildman–Crippen LogP) is 2.84. The molecular weight excluding hydrogens is 414 g/mol. The van der Waals surface area contributed by atoms with Gasteiger partial charge in [0.1, 0.15) is 0 Å². The first-order valence-corrected chi connectivity index (χ1v) is 11.6. The largest absolute Gasteiger partial charge is 0.349 e. The summed E-state index contributed by atoms with van der Waals surface area (Å²) in [5, 5.41) is 5.66. The summed E-state index contributed by atoms with van der Waals surface area (Å²) in [6.45, 7) is 3.66.